The van der Waals surface area contributed by atoms with Gasteiger partial charge in [0.15, 0.2) is 17.1 Å². The molecule has 4 atom stereocenters. The largest absolute Gasteiger partial charge is 0.508 e. The molecule has 0 radical (unpaired) electrons. The molecule has 1 aromatic heterocycles. The van der Waals surface area contributed by atoms with Crippen molar-refractivity contribution in [2.75, 3.05) is 14.1 Å². The minimum atomic E-state index is -2.66. The summed E-state index contributed by atoms with van der Waals surface area (Å²) < 4.78 is 0. The number of nitrogens with two attached hydrogens (primary N) is 1. The van der Waals surface area contributed by atoms with E-state index in [1.807, 2.05) is 0 Å². The summed E-state index contributed by atoms with van der Waals surface area (Å²) in [7, 11) is 3.11. The van der Waals surface area contributed by atoms with Crippen LogP contribution in [0.5, 0.6) is 5.75 Å². The van der Waals surface area contributed by atoms with Gasteiger partial charge in [0.1, 0.15) is 22.8 Å². The van der Waals surface area contributed by atoms with Crippen molar-refractivity contribution in [2.24, 2.45) is 17.6 Å². The molecule has 3 aliphatic rings. The maximum Gasteiger partial charge on any atom is 0.255 e. The summed E-state index contributed by atoms with van der Waals surface area (Å²) in [6, 6.07) is 7.69. The Labute approximate surface area is 206 Å². The van der Waals surface area contributed by atoms with Crippen LogP contribution in [0.2, 0.25) is 0 Å². The zero-order chi connectivity index (χ0) is 26.1. The number of Topliss-reactive ketones (excluding diaryl/α,β-unsaturated/α-hetero) is 2. The van der Waals surface area contributed by atoms with Crippen molar-refractivity contribution in [2.45, 2.75) is 24.5 Å². The number of aliphatic hydroxyl groups is 3. The third kappa shape index (κ3) is 3.04. The Morgan fingerprint density at radius 2 is 1.81 bits per heavy atom. The van der Waals surface area contributed by atoms with Gasteiger partial charge in [-0.2, -0.15) is 0 Å². The Morgan fingerprint density at radius 3 is 2.42 bits per heavy atom. The van der Waals surface area contributed by atoms with Crippen LogP contribution < -0.4 is 5.73 Å². The highest BCUT2D eigenvalue weighted by atomic mass is 16.3. The van der Waals surface area contributed by atoms with Gasteiger partial charge in [-0.15, -0.1) is 0 Å². The van der Waals surface area contributed by atoms with Gasteiger partial charge in [-0.05, 0) is 38.4 Å². The lowest BCUT2D eigenvalue weighted by Crippen LogP contribution is -2.65. The van der Waals surface area contributed by atoms with Crippen molar-refractivity contribution in [3.05, 3.63) is 64.6 Å². The lowest BCUT2D eigenvalue weighted by atomic mass is 9.57. The number of carbonyl (C=O) groups excluding carboxylic acids is 3. The first kappa shape index (κ1) is 23.7. The normalized spacial score (nSPS) is 27.6. The third-order valence-electron chi connectivity index (χ3n) is 7.51. The minimum absolute atomic E-state index is 0.0140. The number of hydrogen-bond donors (Lipinski definition) is 5. The second kappa shape index (κ2) is 8.00. The van der Waals surface area contributed by atoms with Crippen LogP contribution in [0.25, 0.3) is 17.0 Å². The predicted molar refractivity (Wildman–Crippen MR) is 127 cm³/mol. The Bertz CT molecular complexity index is 1400. The van der Waals surface area contributed by atoms with E-state index in [9.17, 15) is 34.8 Å². The number of pyridine rings is 1. The molecule has 1 saturated carbocycles. The molecule has 1 fully saturated rings. The van der Waals surface area contributed by atoms with Crippen LogP contribution in [-0.2, 0) is 20.8 Å². The van der Waals surface area contributed by atoms with Crippen LogP contribution in [-0.4, -0.2) is 73.5 Å². The first-order valence-electron chi connectivity index (χ1n) is 11.4. The molecule has 0 aliphatic heterocycles. The first-order chi connectivity index (χ1) is 17.0. The van der Waals surface area contributed by atoms with E-state index in [-0.39, 0.29) is 35.4 Å². The van der Waals surface area contributed by atoms with Crippen LogP contribution in [0, 0.1) is 11.8 Å². The van der Waals surface area contributed by atoms with Crippen molar-refractivity contribution in [3.8, 4) is 17.0 Å². The average Bonchev–Trinajstić information content (AvgIpc) is 2.81. The topological polar surface area (TPSA) is 174 Å². The molecule has 2 aromatic rings. The summed E-state index contributed by atoms with van der Waals surface area (Å²) in [5.74, 6) is -6.81. The predicted octanol–water partition coefficient (Wildman–Crippen LogP) is 1.03. The SMILES string of the molecule is CN(C)[C@@H]1C(=O)C(C(N)=O)=C(O)[C@@]2(O)C(=O)C3=C(O)c4c(cnc(-c5ccccc5)c4O)C[C@H]3C[C@@H]12. The molecular formula is C26H25N3O7. The lowest BCUT2D eigenvalue weighted by Gasteiger charge is -2.50. The van der Waals surface area contributed by atoms with E-state index in [1.165, 1.54) is 11.1 Å². The number of carbonyl (C=O) groups is 3. The molecule has 0 bridgehead atoms. The highest BCUT2D eigenvalue weighted by molar-refractivity contribution is 6.24. The van der Waals surface area contributed by atoms with Gasteiger partial charge in [0.25, 0.3) is 5.91 Å². The highest BCUT2D eigenvalue weighted by Gasteiger charge is 2.64. The van der Waals surface area contributed by atoms with E-state index >= 15 is 0 Å². The fourth-order valence-electron chi connectivity index (χ4n) is 5.92. The first-order valence-corrected chi connectivity index (χ1v) is 11.4. The molecule has 3 aliphatic carbocycles. The molecule has 186 valence electrons. The number of fused-ring (bicyclic) bond motifs is 3. The monoisotopic (exact) mass is 491 g/mol. The number of rotatable bonds is 3. The summed E-state index contributed by atoms with van der Waals surface area (Å²) in [6.45, 7) is 0. The number of aromatic nitrogens is 1. The summed E-state index contributed by atoms with van der Waals surface area (Å²) in [6.07, 6.45) is 1.75. The summed E-state index contributed by atoms with van der Waals surface area (Å²) in [5.41, 5.74) is 2.95. The van der Waals surface area contributed by atoms with Gasteiger partial charge < -0.3 is 26.2 Å². The molecule has 10 heteroatoms. The van der Waals surface area contributed by atoms with Gasteiger partial charge >= 0.3 is 0 Å². The minimum Gasteiger partial charge on any atom is -0.508 e. The third-order valence-corrected chi connectivity index (χ3v) is 7.51. The zero-order valence-corrected chi connectivity index (χ0v) is 19.6. The molecule has 0 spiro atoms. The second-order valence-corrected chi connectivity index (χ2v) is 9.68. The fourth-order valence-corrected chi connectivity index (χ4v) is 5.92. The molecule has 1 aromatic carbocycles. The van der Waals surface area contributed by atoms with Crippen molar-refractivity contribution in [3.63, 3.8) is 0 Å². The highest BCUT2D eigenvalue weighted by Crippen LogP contribution is 2.53. The molecule has 6 N–H and O–H groups in total. The van der Waals surface area contributed by atoms with Gasteiger partial charge in [-0.25, -0.2) is 0 Å². The lowest BCUT2D eigenvalue weighted by molar-refractivity contribution is -0.153. The van der Waals surface area contributed by atoms with Crippen molar-refractivity contribution in [1.29, 1.82) is 0 Å². The number of likely N-dealkylation sites (N-methyl/N-ethyl adjacent to an activating group) is 1. The van der Waals surface area contributed by atoms with E-state index in [0.29, 0.717) is 11.1 Å². The molecule has 36 heavy (non-hydrogen) atoms. The Balaban J connectivity index is 1.72. The molecule has 1 amide bonds. The van der Waals surface area contributed by atoms with E-state index in [1.54, 1.807) is 44.4 Å². The summed E-state index contributed by atoms with van der Waals surface area (Å²) in [5, 5.41) is 44.8. The molecular weight excluding hydrogens is 466 g/mol. The van der Waals surface area contributed by atoms with Gasteiger partial charge in [0, 0.05) is 23.3 Å². The summed E-state index contributed by atoms with van der Waals surface area (Å²) >= 11 is 0. The average molecular weight is 492 g/mol. The zero-order valence-electron chi connectivity index (χ0n) is 19.6. The molecule has 1 heterocycles. The van der Waals surface area contributed by atoms with E-state index in [4.69, 9.17) is 5.73 Å². The standard InChI is InChI=1S/C26H25N3O7/c1-29(2)19-14-9-12-8-13-10-28-18(11-6-4-3-5-7-11)21(31)15(13)20(30)16(12)23(33)26(14,36)24(34)17(22(19)32)25(27)35/h3-7,10,12,14,19,30-31,34,36H,8-9H2,1-2H3,(H2,27,35)/t12-,14-,19-,26-/m0/s1. The Morgan fingerprint density at radius 1 is 1.14 bits per heavy atom. The smallest absolute Gasteiger partial charge is 0.255 e. The second-order valence-electron chi connectivity index (χ2n) is 9.68. The number of nitrogens with zero attached hydrogens (tertiary/aromatic N) is 2. The quantitative estimate of drug-likeness (QED) is 0.393. The summed E-state index contributed by atoms with van der Waals surface area (Å²) in [4.78, 5) is 44.8. The van der Waals surface area contributed by atoms with E-state index in [0.717, 1.165) is 0 Å². The van der Waals surface area contributed by atoms with E-state index < -0.39 is 58.0 Å². The van der Waals surface area contributed by atoms with Crippen LogP contribution in [0.1, 0.15) is 17.5 Å². The Hall–Kier alpha value is -4.02. The van der Waals surface area contributed by atoms with Crippen molar-refractivity contribution >= 4 is 23.2 Å². The number of hydrogen-bond acceptors (Lipinski definition) is 9. The number of aromatic hydroxyl groups is 1. The number of ketones is 2. The van der Waals surface area contributed by atoms with Gasteiger partial charge in [-0.1, -0.05) is 30.3 Å². The molecule has 5 rings (SSSR count). The number of primary amides is 1. The van der Waals surface area contributed by atoms with Gasteiger partial charge in [-0.3, -0.25) is 24.3 Å². The van der Waals surface area contributed by atoms with E-state index in [2.05, 4.69) is 4.98 Å². The maximum atomic E-state index is 13.8. The van der Waals surface area contributed by atoms with Crippen molar-refractivity contribution < 1.29 is 34.8 Å². The molecule has 0 saturated heterocycles. The Kier molecular flexibility index (Phi) is 5.27. The van der Waals surface area contributed by atoms with Crippen LogP contribution in [0.4, 0.5) is 0 Å². The van der Waals surface area contributed by atoms with Crippen LogP contribution in [0.15, 0.2) is 53.4 Å². The van der Waals surface area contributed by atoms with Crippen LogP contribution in [0.3, 0.4) is 0 Å². The fraction of sp³-hybridized carbons (Fsp3) is 0.308. The van der Waals surface area contributed by atoms with Crippen LogP contribution >= 0.6 is 0 Å². The molecule has 0 unspecified atom stereocenters. The maximum absolute atomic E-state index is 13.8. The van der Waals surface area contributed by atoms with Gasteiger partial charge in [0.2, 0.25) is 5.78 Å². The number of amides is 1. The number of aliphatic hydroxyl groups excluding tert-OH is 2. The number of benzene rings is 1. The molecule has 10 nitrogen and oxygen atoms in total. The van der Waals surface area contributed by atoms with Crippen molar-refractivity contribution in [1.82, 2.24) is 9.88 Å². The van der Waals surface area contributed by atoms with Gasteiger partial charge in [0.05, 0.1) is 11.6 Å².